The van der Waals surface area contributed by atoms with E-state index in [0.29, 0.717) is 13.0 Å². The summed E-state index contributed by atoms with van der Waals surface area (Å²) in [6.07, 6.45) is 0.606. The van der Waals surface area contributed by atoms with Crippen LogP contribution in [-0.2, 0) is 16.0 Å². The van der Waals surface area contributed by atoms with E-state index in [1.807, 2.05) is 24.3 Å². The first kappa shape index (κ1) is 19.6. The standard InChI is InChI=1S/C21H25FN2O2/c1-15(2)19-6-4-5-7-20(19)24(16(3)25)14-21(26)23-13-12-17-8-10-18(22)11-9-17/h4-11,15H,12-14H2,1-3H3,(H,23,26). The quantitative estimate of drug-likeness (QED) is 0.823. The number of carbonyl (C=O) groups is 2. The Morgan fingerprint density at radius 1 is 1.08 bits per heavy atom. The molecule has 138 valence electrons. The van der Waals surface area contributed by atoms with Crippen molar-refractivity contribution >= 4 is 17.5 Å². The number of halogens is 1. The van der Waals surface area contributed by atoms with Crippen molar-refractivity contribution in [3.8, 4) is 0 Å². The van der Waals surface area contributed by atoms with Gasteiger partial charge in [0.15, 0.2) is 0 Å². The Morgan fingerprint density at radius 2 is 1.73 bits per heavy atom. The van der Waals surface area contributed by atoms with Crippen LogP contribution in [0, 0.1) is 5.82 Å². The van der Waals surface area contributed by atoms with Crippen LogP contribution in [0.5, 0.6) is 0 Å². The smallest absolute Gasteiger partial charge is 0.240 e. The predicted octanol–water partition coefficient (Wildman–Crippen LogP) is 3.66. The van der Waals surface area contributed by atoms with E-state index < -0.39 is 0 Å². The molecule has 0 aromatic heterocycles. The number of rotatable bonds is 7. The number of carbonyl (C=O) groups excluding carboxylic acids is 2. The highest BCUT2D eigenvalue weighted by Gasteiger charge is 2.19. The summed E-state index contributed by atoms with van der Waals surface area (Å²) in [6.45, 7) is 5.98. The van der Waals surface area contributed by atoms with E-state index in [1.54, 1.807) is 12.1 Å². The minimum absolute atomic E-state index is 0.0253. The van der Waals surface area contributed by atoms with Gasteiger partial charge in [0.25, 0.3) is 0 Å². The molecule has 0 saturated carbocycles. The maximum atomic E-state index is 12.9. The zero-order valence-corrected chi connectivity index (χ0v) is 15.5. The fourth-order valence-electron chi connectivity index (χ4n) is 2.78. The van der Waals surface area contributed by atoms with E-state index in [0.717, 1.165) is 16.8 Å². The third-order valence-electron chi connectivity index (χ3n) is 4.18. The third-order valence-corrected chi connectivity index (χ3v) is 4.18. The molecule has 0 unspecified atom stereocenters. The summed E-state index contributed by atoms with van der Waals surface area (Å²) >= 11 is 0. The van der Waals surface area contributed by atoms with Gasteiger partial charge in [0.1, 0.15) is 12.4 Å². The molecule has 0 aliphatic heterocycles. The van der Waals surface area contributed by atoms with Gasteiger partial charge in [-0.1, -0.05) is 44.2 Å². The predicted molar refractivity (Wildman–Crippen MR) is 102 cm³/mol. The van der Waals surface area contributed by atoms with Crippen molar-refractivity contribution in [3.05, 3.63) is 65.5 Å². The average Bonchev–Trinajstić information content (AvgIpc) is 2.61. The van der Waals surface area contributed by atoms with Crippen molar-refractivity contribution in [2.45, 2.75) is 33.1 Å². The monoisotopic (exact) mass is 356 g/mol. The summed E-state index contributed by atoms with van der Waals surface area (Å²) in [5, 5.41) is 2.82. The van der Waals surface area contributed by atoms with E-state index >= 15 is 0 Å². The minimum Gasteiger partial charge on any atom is -0.354 e. The lowest BCUT2D eigenvalue weighted by atomic mass is 10.0. The molecule has 0 heterocycles. The van der Waals surface area contributed by atoms with Gasteiger partial charge >= 0.3 is 0 Å². The van der Waals surface area contributed by atoms with E-state index in [-0.39, 0.29) is 30.1 Å². The molecule has 2 amide bonds. The highest BCUT2D eigenvalue weighted by molar-refractivity contribution is 5.98. The second-order valence-electron chi connectivity index (χ2n) is 6.55. The Balaban J connectivity index is 1.98. The zero-order chi connectivity index (χ0) is 19.1. The van der Waals surface area contributed by atoms with Crippen LogP contribution in [0.25, 0.3) is 0 Å². The fraction of sp³-hybridized carbons (Fsp3) is 0.333. The van der Waals surface area contributed by atoms with Crippen LogP contribution < -0.4 is 10.2 Å². The van der Waals surface area contributed by atoms with Crippen molar-refractivity contribution in [2.75, 3.05) is 18.0 Å². The van der Waals surface area contributed by atoms with Gasteiger partial charge in [-0.15, -0.1) is 0 Å². The number of anilines is 1. The summed E-state index contributed by atoms with van der Waals surface area (Å²) in [6, 6.07) is 13.8. The number of nitrogens with one attached hydrogen (secondary N) is 1. The van der Waals surface area contributed by atoms with Crippen molar-refractivity contribution in [1.82, 2.24) is 5.32 Å². The van der Waals surface area contributed by atoms with Crippen molar-refractivity contribution in [2.24, 2.45) is 0 Å². The first-order valence-electron chi connectivity index (χ1n) is 8.76. The number of nitrogens with zero attached hydrogens (tertiary/aromatic N) is 1. The summed E-state index contributed by atoms with van der Waals surface area (Å²) < 4.78 is 12.9. The molecule has 1 N–H and O–H groups in total. The number of amides is 2. The van der Waals surface area contributed by atoms with Gasteiger partial charge in [-0.3, -0.25) is 9.59 Å². The summed E-state index contributed by atoms with van der Waals surface area (Å²) in [5.41, 5.74) is 2.74. The van der Waals surface area contributed by atoms with Crippen molar-refractivity contribution < 1.29 is 14.0 Å². The second-order valence-corrected chi connectivity index (χ2v) is 6.55. The molecule has 0 aliphatic rings. The van der Waals surface area contributed by atoms with Crippen LogP contribution in [0.1, 0.15) is 37.8 Å². The van der Waals surface area contributed by atoms with E-state index in [2.05, 4.69) is 19.2 Å². The second kappa shape index (κ2) is 9.13. The first-order valence-corrected chi connectivity index (χ1v) is 8.76. The van der Waals surface area contributed by atoms with E-state index in [1.165, 1.54) is 24.0 Å². The largest absolute Gasteiger partial charge is 0.354 e. The average molecular weight is 356 g/mol. The van der Waals surface area contributed by atoms with E-state index in [9.17, 15) is 14.0 Å². The highest BCUT2D eigenvalue weighted by Crippen LogP contribution is 2.27. The number of hydrogen-bond donors (Lipinski definition) is 1. The highest BCUT2D eigenvalue weighted by atomic mass is 19.1. The Bertz CT molecular complexity index is 757. The molecule has 2 aromatic rings. The molecule has 4 nitrogen and oxygen atoms in total. The van der Waals surface area contributed by atoms with Crippen LogP contribution in [0.2, 0.25) is 0 Å². The SMILES string of the molecule is CC(=O)N(CC(=O)NCCc1ccc(F)cc1)c1ccccc1C(C)C. The lowest BCUT2D eigenvalue weighted by Gasteiger charge is -2.25. The lowest BCUT2D eigenvalue weighted by Crippen LogP contribution is -2.40. The Hall–Kier alpha value is -2.69. The molecule has 0 saturated heterocycles. The molecule has 0 spiro atoms. The first-order chi connectivity index (χ1) is 12.4. The molecule has 0 radical (unpaired) electrons. The maximum Gasteiger partial charge on any atom is 0.240 e. The van der Waals surface area contributed by atoms with Gasteiger partial charge in [0, 0.05) is 19.2 Å². The topological polar surface area (TPSA) is 49.4 Å². The van der Waals surface area contributed by atoms with Crippen LogP contribution in [0.3, 0.4) is 0 Å². The maximum absolute atomic E-state index is 12.9. The Morgan fingerprint density at radius 3 is 2.35 bits per heavy atom. The molecule has 2 aromatic carbocycles. The summed E-state index contributed by atoms with van der Waals surface area (Å²) in [4.78, 5) is 25.9. The van der Waals surface area contributed by atoms with Crippen LogP contribution in [-0.4, -0.2) is 24.9 Å². The zero-order valence-electron chi connectivity index (χ0n) is 15.5. The Kier molecular flexibility index (Phi) is 6.89. The molecule has 0 bridgehead atoms. The molecule has 0 atom stereocenters. The van der Waals surface area contributed by atoms with Gasteiger partial charge in [-0.05, 0) is 41.7 Å². The molecule has 26 heavy (non-hydrogen) atoms. The van der Waals surface area contributed by atoms with Crippen LogP contribution in [0.15, 0.2) is 48.5 Å². The lowest BCUT2D eigenvalue weighted by molar-refractivity contribution is -0.123. The molecular weight excluding hydrogens is 331 g/mol. The van der Waals surface area contributed by atoms with E-state index in [4.69, 9.17) is 0 Å². The molecule has 0 fully saturated rings. The van der Waals surface area contributed by atoms with Gasteiger partial charge in [-0.25, -0.2) is 4.39 Å². The molecule has 0 aliphatic carbocycles. The number of hydrogen-bond acceptors (Lipinski definition) is 2. The van der Waals surface area contributed by atoms with Gasteiger partial charge < -0.3 is 10.2 Å². The number of benzene rings is 2. The van der Waals surface area contributed by atoms with Crippen LogP contribution >= 0.6 is 0 Å². The van der Waals surface area contributed by atoms with Crippen molar-refractivity contribution in [1.29, 1.82) is 0 Å². The Labute approximate surface area is 154 Å². The van der Waals surface area contributed by atoms with Gasteiger partial charge in [-0.2, -0.15) is 0 Å². The van der Waals surface area contributed by atoms with Crippen molar-refractivity contribution in [3.63, 3.8) is 0 Å². The normalized spacial score (nSPS) is 10.7. The molecular formula is C21H25FN2O2. The number of para-hydroxylation sites is 1. The molecule has 2 rings (SSSR count). The van der Waals surface area contributed by atoms with Gasteiger partial charge in [0.05, 0.1) is 0 Å². The van der Waals surface area contributed by atoms with Gasteiger partial charge in [0.2, 0.25) is 11.8 Å². The molecule has 5 heteroatoms. The third kappa shape index (κ3) is 5.41. The van der Waals surface area contributed by atoms with Crippen LogP contribution in [0.4, 0.5) is 10.1 Å². The summed E-state index contributed by atoms with van der Waals surface area (Å²) in [5.74, 6) is -0.430. The minimum atomic E-state index is -0.279. The summed E-state index contributed by atoms with van der Waals surface area (Å²) in [7, 11) is 0. The fourth-order valence-corrected chi connectivity index (χ4v) is 2.78.